The van der Waals surface area contributed by atoms with Crippen molar-refractivity contribution in [1.82, 2.24) is 10.3 Å². The van der Waals surface area contributed by atoms with Gasteiger partial charge in [0.1, 0.15) is 5.82 Å². The van der Waals surface area contributed by atoms with Gasteiger partial charge in [0.05, 0.1) is 0 Å². The standard InChI is InChI=1S/C17H31N3/c1-6-9-12-20(14(4)7-2)17-13-16(10-11-19-17)15(5)18-8-3/h10-11,13-15,18H,6-9,12H2,1-5H3. The molecule has 114 valence electrons. The lowest BCUT2D eigenvalue weighted by Gasteiger charge is -2.30. The second-order valence-electron chi connectivity index (χ2n) is 5.53. The van der Waals surface area contributed by atoms with Crippen molar-refractivity contribution in [2.75, 3.05) is 18.0 Å². The van der Waals surface area contributed by atoms with Crippen molar-refractivity contribution in [3.63, 3.8) is 0 Å². The Labute approximate surface area is 124 Å². The molecule has 0 aromatic carbocycles. The highest BCUT2D eigenvalue weighted by atomic mass is 15.2. The van der Waals surface area contributed by atoms with Gasteiger partial charge in [0.15, 0.2) is 0 Å². The number of unbranched alkanes of at least 4 members (excludes halogenated alkanes) is 1. The summed E-state index contributed by atoms with van der Waals surface area (Å²) in [5.74, 6) is 1.12. The molecule has 3 heteroatoms. The van der Waals surface area contributed by atoms with Gasteiger partial charge in [0, 0.05) is 24.8 Å². The second kappa shape index (κ2) is 8.96. The maximum absolute atomic E-state index is 4.60. The summed E-state index contributed by atoms with van der Waals surface area (Å²) in [6.45, 7) is 13.2. The molecule has 3 nitrogen and oxygen atoms in total. The smallest absolute Gasteiger partial charge is 0.129 e. The van der Waals surface area contributed by atoms with E-state index in [2.05, 4.69) is 62.0 Å². The van der Waals surface area contributed by atoms with Crippen LogP contribution in [-0.2, 0) is 0 Å². The molecule has 0 amide bonds. The first kappa shape index (κ1) is 17.0. The van der Waals surface area contributed by atoms with Crippen molar-refractivity contribution < 1.29 is 0 Å². The van der Waals surface area contributed by atoms with E-state index in [0.29, 0.717) is 12.1 Å². The molecule has 2 unspecified atom stereocenters. The second-order valence-corrected chi connectivity index (χ2v) is 5.53. The van der Waals surface area contributed by atoms with Crippen LogP contribution in [0.15, 0.2) is 18.3 Å². The van der Waals surface area contributed by atoms with Gasteiger partial charge < -0.3 is 10.2 Å². The molecule has 0 fully saturated rings. The lowest BCUT2D eigenvalue weighted by molar-refractivity contribution is 0.582. The van der Waals surface area contributed by atoms with Crippen LogP contribution in [0.25, 0.3) is 0 Å². The molecule has 1 rings (SSSR count). The summed E-state index contributed by atoms with van der Waals surface area (Å²) in [4.78, 5) is 7.05. The lowest BCUT2D eigenvalue weighted by atomic mass is 10.1. The zero-order valence-corrected chi connectivity index (χ0v) is 13.8. The third kappa shape index (κ3) is 4.78. The largest absolute Gasteiger partial charge is 0.354 e. The number of hydrogen-bond donors (Lipinski definition) is 1. The van der Waals surface area contributed by atoms with Gasteiger partial charge in [0.2, 0.25) is 0 Å². The van der Waals surface area contributed by atoms with Crippen LogP contribution in [0.2, 0.25) is 0 Å². The molecule has 0 saturated carbocycles. The van der Waals surface area contributed by atoms with E-state index in [1.165, 1.54) is 18.4 Å². The number of anilines is 1. The summed E-state index contributed by atoms with van der Waals surface area (Å²) in [5.41, 5.74) is 1.32. The highest BCUT2D eigenvalue weighted by molar-refractivity contribution is 5.42. The van der Waals surface area contributed by atoms with Gasteiger partial charge in [0.25, 0.3) is 0 Å². The number of nitrogens with zero attached hydrogens (tertiary/aromatic N) is 2. The van der Waals surface area contributed by atoms with E-state index >= 15 is 0 Å². The molecule has 20 heavy (non-hydrogen) atoms. The van der Waals surface area contributed by atoms with Gasteiger partial charge in [-0.05, 0) is 50.9 Å². The first-order valence-electron chi connectivity index (χ1n) is 8.09. The van der Waals surface area contributed by atoms with E-state index in [-0.39, 0.29) is 0 Å². The van der Waals surface area contributed by atoms with Gasteiger partial charge in [-0.15, -0.1) is 0 Å². The van der Waals surface area contributed by atoms with E-state index in [4.69, 9.17) is 0 Å². The van der Waals surface area contributed by atoms with Crippen molar-refractivity contribution in [3.05, 3.63) is 23.9 Å². The molecule has 0 radical (unpaired) electrons. The Morgan fingerprint density at radius 3 is 2.60 bits per heavy atom. The molecule has 1 N–H and O–H groups in total. The molecule has 0 spiro atoms. The Bertz CT molecular complexity index is 378. The van der Waals surface area contributed by atoms with Crippen LogP contribution in [0.3, 0.4) is 0 Å². The van der Waals surface area contributed by atoms with Crippen LogP contribution in [-0.4, -0.2) is 24.1 Å². The highest BCUT2D eigenvalue weighted by Crippen LogP contribution is 2.21. The first-order valence-corrected chi connectivity index (χ1v) is 8.09. The predicted octanol–water partition coefficient (Wildman–Crippen LogP) is 4.16. The summed E-state index contributed by atoms with van der Waals surface area (Å²) in [5, 5.41) is 3.47. The fourth-order valence-electron chi connectivity index (χ4n) is 2.39. The van der Waals surface area contributed by atoms with Crippen LogP contribution >= 0.6 is 0 Å². The predicted molar refractivity (Wildman–Crippen MR) is 88.3 cm³/mol. The molecular formula is C17H31N3. The molecule has 2 atom stereocenters. The Morgan fingerprint density at radius 1 is 1.25 bits per heavy atom. The Balaban J connectivity index is 2.92. The van der Waals surface area contributed by atoms with Crippen LogP contribution in [0, 0.1) is 0 Å². The lowest BCUT2D eigenvalue weighted by Crippen LogP contribution is -2.34. The third-order valence-corrected chi connectivity index (χ3v) is 3.95. The molecule has 0 saturated heterocycles. The summed E-state index contributed by atoms with van der Waals surface area (Å²) >= 11 is 0. The zero-order valence-electron chi connectivity index (χ0n) is 13.8. The van der Waals surface area contributed by atoms with Crippen molar-refractivity contribution in [1.29, 1.82) is 0 Å². The van der Waals surface area contributed by atoms with Gasteiger partial charge in [-0.1, -0.05) is 27.2 Å². The summed E-state index contributed by atoms with van der Waals surface area (Å²) in [7, 11) is 0. The van der Waals surface area contributed by atoms with E-state index in [1.54, 1.807) is 0 Å². The minimum Gasteiger partial charge on any atom is -0.354 e. The number of pyridine rings is 1. The summed E-state index contributed by atoms with van der Waals surface area (Å²) in [6, 6.07) is 5.28. The van der Waals surface area contributed by atoms with E-state index in [1.807, 2.05) is 6.20 Å². The highest BCUT2D eigenvalue weighted by Gasteiger charge is 2.15. The normalized spacial score (nSPS) is 14.1. The summed E-state index contributed by atoms with van der Waals surface area (Å²) < 4.78 is 0. The molecule has 1 aromatic heterocycles. The topological polar surface area (TPSA) is 28.2 Å². The van der Waals surface area contributed by atoms with Gasteiger partial charge in [-0.25, -0.2) is 4.98 Å². The van der Waals surface area contributed by atoms with Gasteiger partial charge in [-0.3, -0.25) is 0 Å². The molecule has 0 aliphatic heterocycles. The van der Waals surface area contributed by atoms with Crippen molar-refractivity contribution in [2.45, 2.75) is 66.0 Å². The molecular weight excluding hydrogens is 246 g/mol. The number of nitrogens with one attached hydrogen (secondary N) is 1. The quantitative estimate of drug-likeness (QED) is 0.734. The van der Waals surface area contributed by atoms with Gasteiger partial charge >= 0.3 is 0 Å². The van der Waals surface area contributed by atoms with Crippen LogP contribution in [0.1, 0.15) is 65.5 Å². The average molecular weight is 277 g/mol. The van der Waals surface area contributed by atoms with E-state index in [9.17, 15) is 0 Å². The third-order valence-electron chi connectivity index (χ3n) is 3.95. The van der Waals surface area contributed by atoms with Crippen molar-refractivity contribution >= 4 is 5.82 Å². The van der Waals surface area contributed by atoms with Crippen LogP contribution < -0.4 is 10.2 Å². The van der Waals surface area contributed by atoms with E-state index < -0.39 is 0 Å². The molecule has 0 aliphatic carbocycles. The maximum atomic E-state index is 4.60. The molecule has 1 aromatic rings. The maximum Gasteiger partial charge on any atom is 0.129 e. The average Bonchev–Trinajstić information content (AvgIpc) is 2.48. The molecule has 0 bridgehead atoms. The minimum atomic E-state index is 0.381. The Hall–Kier alpha value is -1.09. The molecule has 1 heterocycles. The summed E-state index contributed by atoms with van der Waals surface area (Å²) in [6.07, 6.45) is 5.54. The number of rotatable bonds is 9. The minimum absolute atomic E-state index is 0.381. The fraction of sp³-hybridized carbons (Fsp3) is 0.706. The monoisotopic (exact) mass is 277 g/mol. The Morgan fingerprint density at radius 2 is 2.00 bits per heavy atom. The number of hydrogen-bond acceptors (Lipinski definition) is 3. The SMILES string of the molecule is CCCCN(c1cc(C(C)NCC)ccn1)C(C)CC. The Kier molecular flexibility index (Phi) is 7.60. The van der Waals surface area contributed by atoms with Crippen molar-refractivity contribution in [3.8, 4) is 0 Å². The van der Waals surface area contributed by atoms with Crippen molar-refractivity contribution in [2.24, 2.45) is 0 Å². The van der Waals surface area contributed by atoms with Crippen LogP contribution in [0.4, 0.5) is 5.82 Å². The first-order chi connectivity index (χ1) is 9.63. The fourth-order valence-corrected chi connectivity index (χ4v) is 2.39. The van der Waals surface area contributed by atoms with Gasteiger partial charge in [-0.2, -0.15) is 0 Å². The van der Waals surface area contributed by atoms with E-state index in [0.717, 1.165) is 25.3 Å². The van der Waals surface area contributed by atoms with Crippen LogP contribution in [0.5, 0.6) is 0 Å². The number of aromatic nitrogens is 1. The zero-order chi connectivity index (χ0) is 15.0. The molecule has 0 aliphatic rings.